The van der Waals surface area contributed by atoms with Crippen LogP contribution in [-0.2, 0) is 0 Å². The second-order valence-corrected chi connectivity index (χ2v) is 5.33. The molecule has 1 aliphatic carbocycles. The number of ketones is 1. The van der Waals surface area contributed by atoms with Crippen LogP contribution in [0.15, 0.2) is 28.7 Å². The Morgan fingerprint density at radius 3 is 2.73 bits per heavy atom. The highest BCUT2D eigenvalue weighted by atomic mass is 16.5. The Kier molecular flexibility index (Phi) is 5.61. The number of ether oxygens (including phenoxy) is 1. The lowest BCUT2D eigenvalue weighted by Gasteiger charge is -2.35. The van der Waals surface area contributed by atoms with Gasteiger partial charge in [-0.3, -0.25) is 4.79 Å². The summed E-state index contributed by atoms with van der Waals surface area (Å²) in [7, 11) is 0. The summed E-state index contributed by atoms with van der Waals surface area (Å²) in [6.07, 6.45) is 2.39. The SMILES string of the molecule is CC.CCNC1CC(Oc2ccc3oc(C(C)=O)cc3c2)C1.[HH]. The molecule has 22 heavy (non-hydrogen) atoms. The molecule has 3 rings (SSSR count). The van der Waals surface area contributed by atoms with E-state index >= 15 is 0 Å². The molecule has 0 spiro atoms. The summed E-state index contributed by atoms with van der Waals surface area (Å²) in [5, 5.41) is 4.32. The van der Waals surface area contributed by atoms with Crippen molar-refractivity contribution < 1.29 is 15.4 Å². The Labute approximate surface area is 133 Å². The summed E-state index contributed by atoms with van der Waals surface area (Å²) in [5.74, 6) is 1.18. The van der Waals surface area contributed by atoms with Gasteiger partial charge in [-0.05, 0) is 43.7 Å². The minimum absolute atomic E-state index is 0. The van der Waals surface area contributed by atoms with E-state index in [1.165, 1.54) is 6.92 Å². The second kappa shape index (κ2) is 7.45. The van der Waals surface area contributed by atoms with Gasteiger partial charge >= 0.3 is 0 Å². The maximum absolute atomic E-state index is 11.3. The molecule has 0 radical (unpaired) electrons. The van der Waals surface area contributed by atoms with Crippen LogP contribution in [0, 0.1) is 0 Å². The zero-order valence-electron chi connectivity index (χ0n) is 13.8. The summed E-state index contributed by atoms with van der Waals surface area (Å²) in [4.78, 5) is 11.3. The van der Waals surface area contributed by atoms with Gasteiger partial charge in [0.25, 0.3) is 0 Å². The Morgan fingerprint density at radius 2 is 2.09 bits per heavy atom. The molecule has 4 heteroatoms. The van der Waals surface area contributed by atoms with Crippen LogP contribution in [0.4, 0.5) is 0 Å². The average Bonchev–Trinajstić information content (AvgIpc) is 2.91. The predicted octanol–water partition coefficient (Wildman–Crippen LogP) is 4.43. The second-order valence-electron chi connectivity index (χ2n) is 5.33. The van der Waals surface area contributed by atoms with E-state index in [1.807, 2.05) is 32.0 Å². The topological polar surface area (TPSA) is 51.5 Å². The molecule has 0 bridgehead atoms. The number of nitrogens with one attached hydrogen (secondary N) is 1. The molecule has 0 aliphatic heterocycles. The van der Waals surface area contributed by atoms with Gasteiger partial charge in [0, 0.05) is 19.8 Å². The summed E-state index contributed by atoms with van der Waals surface area (Å²) in [5.41, 5.74) is 0.724. The summed E-state index contributed by atoms with van der Waals surface area (Å²) in [6.45, 7) is 8.63. The van der Waals surface area contributed by atoms with Gasteiger partial charge in [0.15, 0.2) is 11.5 Å². The van der Waals surface area contributed by atoms with Gasteiger partial charge in [0.2, 0.25) is 0 Å². The Hall–Kier alpha value is -1.81. The van der Waals surface area contributed by atoms with E-state index in [0.717, 1.165) is 36.1 Å². The third-order valence-corrected chi connectivity index (χ3v) is 3.73. The van der Waals surface area contributed by atoms with Crippen LogP contribution >= 0.6 is 0 Å². The number of carbonyl (C=O) groups is 1. The van der Waals surface area contributed by atoms with Gasteiger partial charge in [-0.15, -0.1) is 0 Å². The van der Waals surface area contributed by atoms with Gasteiger partial charge in [-0.2, -0.15) is 0 Å². The zero-order chi connectivity index (χ0) is 16.1. The Morgan fingerprint density at radius 1 is 1.36 bits per heavy atom. The normalized spacial score (nSPS) is 20.0. The number of hydrogen-bond acceptors (Lipinski definition) is 4. The average molecular weight is 305 g/mol. The molecule has 1 saturated carbocycles. The third-order valence-electron chi connectivity index (χ3n) is 3.73. The first-order chi connectivity index (χ1) is 10.7. The summed E-state index contributed by atoms with van der Waals surface area (Å²) >= 11 is 0. The number of hydrogen-bond donors (Lipinski definition) is 1. The lowest BCUT2D eigenvalue weighted by atomic mass is 9.89. The van der Waals surface area contributed by atoms with Crippen molar-refractivity contribution in [3.8, 4) is 5.75 Å². The van der Waals surface area contributed by atoms with Crippen molar-refractivity contribution in [2.45, 2.75) is 52.7 Å². The van der Waals surface area contributed by atoms with Crippen molar-refractivity contribution in [3.05, 3.63) is 30.0 Å². The van der Waals surface area contributed by atoms with Crippen molar-refractivity contribution in [1.82, 2.24) is 5.32 Å². The van der Waals surface area contributed by atoms with Crippen LogP contribution in [0.1, 0.15) is 52.5 Å². The molecule has 0 atom stereocenters. The smallest absolute Gasteiger partial charge is 0.194 e. The third kappa shape index (κ3) is 3.69. The largest absolute Gasteiger partial charge is 0.490 e. The predicted molar refractivity (Wildman–Crippen MR) is 90.8 cm³/mol. The molecule has 1 aromatic carbocycles. The maximum Gasteiger partial charge on any atom is 0.194 e. The number of benzene rings is 1. The molecule has 1 aromatic heterocycles. The maximum atomic E-state index is 11.3. The van der Waals surface area contributed by atoms with Crippen molar-refractivity contribution in [3.63, 3.8) is 0 Å². The van der Waals surface area contributed by atoms with E-state index in [9.17, 15) is 4.79 Å². The van der Waals surface area contributed by atoms with Crippen molar-refractivity contribution >= 4 is 16.8 Å². The molecule has 4 nitrogen and oxygen atoms in total. The van der Waals surface area contributed by atoms with Crippen molar-refractivity contribution in [2.24, 2.45) is 0 Å². The highest BCUT2D eigenvalue weighted by Crippen LogP contribution is 2.29. The van der Waals surface area contributed by atoms with Gasteiger partial charge in [0.05, 0.1) is 0 Å². The molecule has 0 unspecified atom stereocenters. The molecule has 0 saturated heterocycles. The molecule has 1 N–H and O–H groups in total. The minimum atomic E-state index is -0.0591. The van der Waals surface area contributed by atoms with Crippen LogP contribution in [-0.4, -0.2) is 24.5 Å². The van der Waals surface area contributed by atoms with Crippen molar-refractivity contribution in [2.75, 3.05) is 6.54 Å². The molecule has 122 valence electrons. The van der Waals surface area contributed by atoms with Gasteiger partial charge in [-0.1, -0.05) is 20.8 Å². The fourth-order valence-electron chi connectivity index (χ4n) is 2.58. The molecule has 1 fully saturated rings. The lowest BCUT2D eigenvalue weighted by Crippen LogP contribution is -2.46. The van der Waals surface area contributed by atoms with Crippen LogP contribution in [0.2, 0.25) is 0 Å². The fourth-order valence-corrected chi connectivity index (χ4v) is 2.58. The fraction of sp³-hybridized carbons (Fsp3) is 0.500. The van der Waals surface area contributed by atoms with Crippen LogP contribution in [0.25, 0.3) is 11.0 Å². The molecule has 0 amide bonds. The monoisotopic (exact) mass is 305 g/mol. The molecule has 2 aromatic rings. The summed E-state index contributed by atoms with van der Waals surface area (Å²) < 4.78 is 11.4. The molecule has 1 heterocycles. The highest BCUT2D eigenvalue weighted by Gasteiger charge is 2.30. The number of carbonyl (C=O) groups excluding carboxylic acids is 1. The molecule has 1 aliphatic rings. The standard InChI is InChI=1S/C16H19NO3.C2H6.H2/c1-3-17-12-8-14(9-12)19-13-4-5-15-11(6-13)7-16(20-15)10(2)18;1-2;/h4-7,12,14,17H,3,8-9H2,1-2H3;1-2H3;1H. The van der Waals surface area contributed by atoms with Crippen LogP contribution in [0.5, 0.6) is 5.75 Å². The number of fused-ring (bicyclic) bond motifs is 1. The van der Waals surface area contributed by atoms with E-state index in [0.29, 0.717) is 11.8 Å². The Balaban J connectivity index is 0.000000849. The molecular weight excluding hydrogens is 278 g/mol. The van der Waals surface area contributed by atoms with E-state index in [2.05, 4.69) is 12.2 Å². The Bertz CT molecular complexity index is 632. The number of furan rings is 1. The lowest BCUT2D eigenvalue weighted by molar-refractivity contribution is 0.0861. The molecular formula is C18H27NO3. The van der Waals surface area contributed by atoms with E-state index in [4.69, 9.17) is 9.15 Å². The minimum Gasteiger partial charge on any atom is -0.490 e. The zero-order valence-corrected chi connectivity index (χ0v) is 13.8. The van der Waals surface area contributed by atoms with Gasteiger partial charge in [0.1, 0.15) is 17.4 Å². The van der Waals surface area contributed by atoms with Crippen molar-refractivity contribution in [1.29, 1.82) is 0 Å². The first-order valence-corrected chi connectivity index (χ1v) is 8.10. The first-order valence-electron chi connectivity index (χ1n) is 8.10. The quantitative estimate of drug-likeness (QED) is 0.830. The van der Waals surface area contributed by atoms with Crippen LogP contribution < -0.4 is 10.1 Å². The van der Waals surface area contributed by atoms with Crippen LogP contribution in [0.3, 0.4) is 0 Å². The highest BCUT2D eigenvalue weighted by molar-refractivity contribution is 5.96. The van der Waals surface area contributed by atoms with E-state index < -0.39 is 0 Å². The summed E-state index contributed by atoms with van der Waals surface area (Å²) in [6, 6.07) is 8.05. The van der Waals surface area contributed by atoms with Gasteiger partial charge in [-0.25, -0.2) is 0 Å². The van der Waals surface area contributed by atoms with E-state index in [1.54, 1.807) is 6.07 Å². The first kappa shape index (κ1) is 16.6. The van der Waals surface area contributed by atoms with Gasteiger partial charge < -0.3 is 14.5 Å². The number of Topliss-reactive ketones (excluding diaryl/α,β-unsaturated/α-hetero) is 1. The number of rotatable bonds is 5. The van der Waals surface area contributed by atoms with E-state index in [-0.39, 0.29) is 13.3 Å².